The Morgan fingerprint density at radius 3 is 2.52 bits per heavy atom. The van der Waals surface area contributed by atoms with E-state index in [9.17, 15) is 29.7 Å². The Kier molecular flexibility index (Phi) is 4.82. The molecule has 1 atom stereocenters. The lowest BCUT2D eigenvalue weighted by Gasteiger charge is -2.12. The summed E-state index contributed by atoms with van der Waals surface area (Å²) < 4.78 is 18.2. The van der Waals surface area contributed by atoms with Crippen molar-refractivity contribution in [3.8, 4) is 5.75 Å². The van der Waals surface area contributed by atoms with Crippen LogP contribution in [0.2, 0.25) is 0 Å². The van der Waals surface area contributed by atoms with E-state index in [-0.39, 0.29) is 23.6 Å². The molecule has 1 N–H and O–H groups in total. The first kappa shape index (κ1) is 16.3. The van der Waals surface area contributed by atoms with Crippen LogP contribution in [-0.2, 0) is 0 Å². The maximum absolute atomic E-state index is 13.0. The van der Waals surface area contributed by atoms with Crippen molar-refractivity contribution in [2.24, 2.45) is 0 Å². The second-order valence-electron chi connectivity index (χ2n) is 4.55. The van der Waals surface area contributed by atoms with E-state index in [1.54, 1.807) is 0 Å². The summed E-state index contributed by atoms with van der Waals surface area (Å²) in [6.45, 7) is -0.381. The highest BCUT2D eigenvalue weighted by atomic mass is 19.1. The first-order valence-corrected chi connectivity index (χ1v) is 6.37. The summed E-state index contributed by atoms with van der Waals surface area (Å²) in [4.78, 5) is 20.1. The molecule has 2 aromatic rings. The highest BCUT2D eigenvalue weighted by Gasteiger charge is 2.19. The maximum Gasteiger partial charge on any atom is 0.313 e. The third-order valence-corrected chi connectivity index (χ3v) is 2.98. The number of hydrogen-bond donors (Lipinski definition) is 1. The second kappa shape index (κ2) is 6.79. The molecule has 0 aliphatic rings. The zero-order valence-electron chi connectivity index (χ0n) is 11.6. The monoisotopic (exact) mass is 322 g/mol. The van der Waals surface area contributed by atoms with E-state index < -0.39 is 27.5 Å². The van der Waals surface area contributed by atoms with Crippen LogP contribution in [0.15, 0.2) is 42.5 Å². The molecule has 0 heterocycles. The molecule has 0 radical (unpaired) electrons. The van der Waals surface area contributed by atoms with E-state index in [1.165, 1.54) is 24.3 Å². The van der Waals surface area contributed by atoms with Gasteiger partial charge < -0.3 is 9.84 Å². The third kappa shape index (κ3) is 3.98. The van der Waals surface area contributed by atoms with Crippen LogP contribution in [-0.4, -0.2) is 21.6 Å². The summed E-state index contributed by atoms with van der Waals surface area (Å²) in [5.74, 6) is -0.996. The Bertz CT molecular complexity index is 752. The number of aliphatic hydroxyl groups is 1. The molecule has 1 unspecified atom stereocenters. The number of nitrogens with zero attached hydrogens (tertiary/aromatic N) is 2. The number of nitro groups is 2. The molecule has 2 rings (SSSR count). The first-order chi connectivity index (χ1) is 10.9. The van der Waals surface area contributed by atoms with Crippen molar-refractivity contribution in [2.45, 2.75) is 6.10 Å². The van der Waals surface area contributed by atoms with Gasteiger partial charge in [-0.2, -0.15) is 0 Å². The summed E-state index contributed by atoms with van der Waals surface area (Å²) in [5, 5.41) is 31.5. The Balaban J connectivity index is 2.13. The molecule has 8 nitrogen and oxygen atoms in total. The van der Waals surface area contributed by atoms with Crippen LogP contribution >= 0.6 is 0 Å². The van der Waals surface area contributed by atoms with E-state index >= 15 is 0 Å². The van der Waals surface area contributed by atoms with Crippen molar-refractivity contribution in [1.82, 2.24) is 0 Å². The molecule has 0 fully saturated rings. The molecular formula is C14H11FN2O6. The molecule has 23 heavy (non-hydrogen) atoms. The van der Waals surface area contributed by atoms with E-state index in [0.29, 0.717) is 6.07 Å². The van der Waals surface area contributed by atoms with Crippen molar-refractivity contribution >= 4 is 11.4 Å². The number of rotatable bonds is 6. The summed E-state index contributed by atoms with van der Waals surface area (Å²) in [6.07, 6.45) is -1.24. The molecule has 9 heteroatoms. The zero-order valence-corrected chi connectivity index (χ0v) is 11.6. The van der Waals surface area contributed by atoms with Gasteiger partial charge in [0.15, 0.2) is 5.75 Å². The molecule has 2 aromatic carbocycles. The van der Waals surface area contributed by atoms with Crippen LogP contribution in [0.4, 0.5) is 15.8 Å². The van der Waals surface area contributed by atoms with Crippen LogP contribution in [0.5, 0.6) is 5.75 Å². The van der Waals surface area contributed by atoms with Crippen molar-refractivity contribution in [3.63, 3.8) is 0 Å². The van der Waals surface area contributed by atoms with Crippen LogP contribution < -0.4 is 4.74 Å². The van der Waals surface area contributed by atoms with Crippen LogP contribution in [0.1, 0.15) is 11.7 Å². The lowest BCUT2D eigenvalue weighted by atomic mass is 10.1. The first-order valence-electron chi connectivity index (χ1n) is 6.37. The van der Waals surface area contributed by atoms with Gasteiger partial charge in [-0.05, 0) is 17.7 Å². The number of benzene rings is 2. The number of aliphatic hydroxyl groups excluding tert-OH is 1. The van der Waals surface area contributed by atoms with E-state index in [2.05, 4.69) is 0 Å². The van der Waals surface area contributed by atoms with E-state index in [1.807, 2.05) is 0 Å². The quantitative estimate of drug-likeness (QED) is 0.645. The summed E-state index contributed by atoms with van der Waals surface area (Å²) >= 11 is 0. The van der Waals surface area contributed by atoms with Crippen LogP contribution in [0.3, 0.4) is 0 Å². The Labute approximate surface area is 129 Å². The number of halogens is 1. The number of nitro benzene ring substituents is 2. The molecule has 0 bridgehead atoms. The average molecular weight is 322 g/mol. The zero-order chi connectivity index (χ0) is 17.0. The van der Waals surface area contributed by atoms with Gasteiger partial charge in [-0.25, -0.2) is 4.39 Å². The Morgan fingerprint density at radius 2 is 1.87 bits per heavy atom. The molecule has 0 saturated carbocycles. The van der Waals surface area contributed by atoms with Crippen molar-refractivity contribution in [3.05, 3.63) is 74.1 Å². The maximum atomic E-state index is 13.0. The fourth-order valence-electron chi connectivity index (χ4n) is 1.87. The van der Waals surface area contributed by atoms with Gasteiger partial charge in [-0.3, -0.25) is 20.2 Å². The van der Waals surface area contributed by atoms with Crippen molar-refractivity contribution in [2.75, 3.05) is 6.61 Å². The lowest BCUT2D eigenvalue weighted by molar-refractivity contribution is -0.386. The van der Waals surface area contributed by atoms with Crippen LogP contribution in [0.25, 0.3) is 0 Å². The minimum atomic E-state index is -1.24. The van der Waals surface area contributed by atoms with Gasteiger partial charge in [-0.1, -0.05) is 12.1 Å². The van der Waals surface area contributed by atoms with Crippen molar-refractivity contribution < 1.29 is 24.1 Å². The minimum Gasteiger partial charge on any atom is -0.484 e. The summed E-state index contributed by atoms with van der Waals surface area (Å²) in [7, 11) is 0. The smallest absolute Gasteiger partial charge is 0.313 e. The topological polar surface area (TPSA) is 116 Å². The molecular weight excluding hydrogens is 311 g/mol. The summed E-state index contributed by atoms with van der Waals surface area (Å²) in [6, 6.07) is 8.07. The fourth-order valence-corrected chi connectivity index (χ4v) is 1.87. The SMILES string of the molecule is O=[N+]([O-])c1cccc(C(O)COc2ccc(F)cc2[N+](=O)[O-])c1. The van der Waals surface area contributed by atoms with Crippen molar-refractivity contribution in [1.29, 1.82) is 0 Å². The van der Waals surface area contributed by atoms with Gasteiger partial charge >= 0.3 is 5.69 Å². The van der Waals surface area contributed by atoms with Gasteiger partial charge in [0.25, 0.3) is 5.69 Å². The molecule has 120 valence electrons. The highest BCUT2D eigenvalue weighted by molar-refractivity contribution is 5.46. The molecule has 0 spiro atoms. The normalized spacial score (nSPS) is 11.7. The second-order valence-corrected chi connectivity index (χ2v) is 4.55. The predicted octanol–water partition coefficient (Wildman–Crippen LogP) is 2.75. The molecule has 0 aliphatic heterocycles. The number of hydrogen-bond acceptors (Lipinski definition) is 6. The Hall–Kier alpha value is -3.07. The lowest BCUT2D eigenvalue weighted by Crippen LogP contribution is -2.11. The van der Waals surface area contributed by atoms with Gasteiger partial charge in [0.05, 0.1) is 15.9 Å². The molecule has 0 aromatic heterocycles. The number of ether oxygens (including phenoxy) is 1. The predicted molar refractivity (Wildman–Crippen MR) is 76.6 cm³/mol. The molecule has 0 amide bonds. The molecule has 0 aliphatic carbocycles. The third-order valence-electron chi connectivity index (χ3n) is 2.98. The van der Waals surface area contributed by atoms with Gasteiger partial charge in [-0.15, -0.1) is 0 Å². The van der Waals surface area contributed by atoms with Gasteiger partial charge in [0, 0.05) is 12.1 Å². The fraction of sp³-hybridized carbons (Fsp3) is 0.143. The summed E-state index contributed by atoms with van der Waals surface area (Å²) in [5.41, 5.74) is -0.547. The van der Waals surface area contributed by atoms with E-state index in [0.717, 1.165) is 12.1 Å². The van der Waals surface area contributed by atoms with E-state index in [4.69, 9.17) is 4.74 Å². The number of non-ortho nitro benzene ring substituents is 1. The standard InChI is InChI=1S/C14H11FN2O6/c15-10-4-5-14(12(7-10)17(21)22)23-8-13(18)9-2-1-3-11(6-9)16(19)20/h1-7,13,18H,8H2. The largest absolute Gasteiger partial charge is 0.484 e. The highest BCUT2D eigenvalue weighted by Crippen LogP contribution is 2.28. The Morgan fingerprint density at radius 1 is 1.13 bits per heavy atom. The van der Waals surface area contributed by atoms with Gasteiger partial charge in [0.1, 0.15) is 18.5 Å². The minimum absolute atomic E-state index is 0.200. The van der Waals surface area contributed by atoms with Crippen LogP contribution in [0, 0.1) is 26.0 Å². The van der Waals surface area contributed by atoms with Gasteiger partial charge in [0.2, 0.25) is 0 Å². The molecule has 0 saturated heterocycles. The average Bonchev–Trinajstić information content (AvgIpc) is 2.53.